The third kappa shape index (κ3) is 1.76. The Labute approximate surface area is 108 Å². The van der Waals surface area contributed by atoms with Gasteiger partial charge in [0.05, 0.1) is 16.6 Å². The van der Waals surface area contributed by atoms with Crippen LogP contribution in [0.3, 0.4) is 0 Å². The molecule has 5 nitrogen and oxygen atoms in total. The molecule has 0 atom stereocenters. The molecule has 0 aliphatic rings. The second-order valence-electron chi connectivity index (χ2n) is 4.27. The lowest BCUT2D eigenvalue weighted by molar-refractivity contribution is 0.897. The summed E-state index contributed by atoms with van der Waals surface area (Å²) in [6.07, 6.45) is 3.09. The Balaban J connectivity index is 2.47. The minimum Gasteiger partial charge on any atom is -0.306 e. The molecule has 0 saturated carbocycles. The van der Waals surface area contributed by atoms with Crippen LogP contribution in [0, 0.1) is 6.92 Å². The van der Waals surface area contributed by atoms with E-state index in [1.807, 2.05) is 13.0 Å². The van der Waals surface area contributed by atoms with Crippen LogP contribution in [-0.4, -0.2) is 14.5 Å². The van der Waals surface area contributed by atoms with E-state index < -0.39 is 5.69 Å². The van der Waals surface area contributed by atoms with Gasteiger partial charge in [0.15, 0.2) is 0 Å². The van der Waals surface area contributed by atoms with Gasteiger partial charge in [-0.25, -0.2) is 9.36 Å². The predicted octanol–water partition coefficient (Wildman–Crippen LogP) is 1.38. The SMILES string of the molecule is Cc1cccc2c(=O)n(-c3ccncc3)c(=O)[nH]c12. The molecule has 2 heterocycles. The van der Waals surface area contributed by atoms with Crippen LogP contribution < -0.4 is 11.2 Å². The molecule has 0 aliphatic carbocycles. The van der Waals surface area contributed by atoms with Crippen molar-refractivity contribution in [3.05, 3.63) is 69.1 Å². The summed E-state index contributed by atoms with van der Waals surface area (Å²) in [4.78, 5) is 31.2. The van der Waals surface area contributed by atoms with Crippen molar-refractivity contribution in [1.29, 1.82) is 0 Å². The van der Waals surface area contributed by atoms with Gasteiger partial charge >= 0.3 is 5.69 Å². The summed E-state index contributed by atoms with van der Waals surface area (Å²) in [5.41, 5.74) is 1.19. The maximum atomic E-state index is 12.4. The number of aryl methyl sites for hydroxylation is 1. The number of pyridine rings is 1. The molecule has 0 saturated heterocycles. The number of nitrogens with one attached hydrogen (secondary N) is 1. The Morgan fingerprint density at radius 3 is 2.58 bits per heavy atom. The van der Waals surface area contributed by atoms with Crippen LogP contribution in [0.2, 0.25) is 0 Å². The first-order valence-electron chi connectivity index (χ1n) is 5.83. The van der Waals surface area contributed by atoms with Crippen LogP contribution in [0.5, 0.6) is 0 Å². The minimum atomic E-state index is -0.446. The van der Waals surface area contributed by atoms with Gasteiger partial charge in [-0.15, -0.1) is 0 Å². The average Bonchev–Trinajstić information content (AvgIpc) is 2.41. The second-order valence-corrected chi connectivity index (χ2v) is 4.27. The van der Waals surface area contributed by atoms with Gasteiger partial charge in [0, 0.05) is 12.4 Å². The van der Waals surface area contributed by atoms with Crippen molar-refractivity contribution in [3.8, 4) is 5.69 Å². The second kappa shape index (κ2) is 4.20. The molecule has 3 aromatic rings. The predicted molar refractivity (Wildman–Crippen MR) is 72.7 cm³/mol. The fraction of sp³-hybridized carbons (Fsp3) is 0.0714. The van der Waals surface area contributed by atoms with E-state index in [4.69, 9.17) is 0 Å². The maximum Gasteiger partial charge on any atom is 0.333 e. The van der Waals surface area contributed by atoms with E-state index in [0.717, 1.165) is 10.1 Å². The first kappa shape index (κ1) is 11.4. The number of H-pyrrole nitrogens is 1. The smallest absolute Gasteiger partial charge is 0.306 e. The number of aromatic nitrogens is 3. The number of nitrogens with zero attached hydrogens (tertiary/aromatic N) is 2. The third-order valence-electron chi connectivity index (χ3n) is 3.06. The van der Waals surface area contributed by atoms with Crippen LogP contribution in [0.1, 0.15) is 5.56 Å². The molecule has 0 fully saturated rings. The molecule has 5 heteroatoms. The van der Waals surface area contributed by atoms with Crippen LogP contribution in [-0.2, 0) is 0 Å². The number of fused-ring (bicyclic) bond motifs is 1. The summed E-state index contributed by atoms with van der Waals surface area (Å²) < 4.78 is 1.11. The molecule has 1 N–H and O–H groups in total. The summed E-state index contributed by atoms with van der Waals surface area (Å²) >= 11 is 0. The van der Waals surface area contributed by atoms with Crippen molar-refractivity contribution in [2.75, 3.05) is 0 Å². The van der Waals surface area contributed by atoms with Gasteiger partial charge in [0.2, 0.25) is 0 Å². The first-order chi connectivity index (χ1) is 9.18. The number of aromatic amines is 1. The van der Waals surface area contributed by atoms with Gasteiger partial charge in [-0.1, -0.05) is 12.1 Å². The number of para-hydroxylation sites is 1. The zero-order chi connectivity index (χ0) is 13.4. The molecule has 0 aliphatic heterocycles. The van der Waals surface area contributed by atoms with Crippen LogP contribution in [0.15, 0.2) is 52.3 Å². The number of benzene rings is 1. The Morgan fingerprint density at radius 1 is 1.11 bits per heavy atom. The summed E-state index contributed by atoms with van der Waals surface area (Å²) in [5, 5.41) is 0.497. The van der Waals surface area contributed by atoms with Crippen LogP contribution in [0.4, 0.5) is 0 Å². The summed E-state index contributed by atoms with van der Waals surface area (Å²) in [6.45, 7) is 1.86. The first-order valence-corrected chi connectivity index (χ1v) is 5.83. The lowest BCUT2D eigenvalue weighted by atomic mass is 10.1. The molecule has 1 aromatic carbocycles. The fourth-order valence-electron chi connectivity index (χ4n) is 2.12. The molecule has 3 rings (SSSR count). The normalized spacial score (nSPS) is 10.8. The molecule has 0 amide bonds. The number of hydrogen-bond acceptors (Lipinski definition) is 3. The Bertz CT molecular complexity index is 863. The van der Waals surface area contributed by atoms with Gasteiger partial charge in [0.25, 0.3) is 5.56 Å². The number of rotatable bonds is 1. The van der Waals surface area contributed by atoms with Crippen molar-refractivity contribution in [1.82, 2.24) is 14.5 Å². The molecule has 0 spiro atoms. The quantitative estimate of drug-likeness (QED) is 0.712. The largest absolute Gasteiger partial charge is 0.333 e. The van der Waals surface area contributed by atoms with E-state index >= 15 is 0 Å². The highest BCUT2D eigenvalue weighted by molar-refractivity contribution is 5.80. The third-order valence-corrected chi connectivity index (χ3v) is 3.06. The van der Waals surface area contributed by atoms with Gasteiger partial charge in [-0.2, -0.15) is 0 Å². The van der Waals surface area contributed by atoms with Gasteiger partial charge in [0.1, 0.15) is 0 Å². The molecular weight excluding hydrogens is 242 g/mol. The number of hydrogen-bond donors (Lipinski definition) is 1. The molecule has 0 radical (unpaired) electrons. The van der Waals surface area contributed by atoms with Crippen molar-refractivity contribution >= 4 is 10.9 Å². The van der Waals surface area contributed by atoms with E-state index in [2.05, 4.69) is 9.97 Å². The zero-order valence-corrected chi connectivity index (χ0v) is 10.3. The molecular formula is C14H11N3O2. The molecule has 2 aromatic heterocycles. The standard InChI is InChI=1S/C14H11N3O2/c1-9-3-2-4-11-12(9)16-14(19)17(13(11)18)10-5-7-15-8-6-10/h2-8H,1H3,(H,16,19). The van der Waals surface area contributed by atoms with Crippen molar-refractivity contribution in [2.45, 2.75) is 6.92 Å². The fourth-order valence-corrected chi connectivity index (χ4v) is 2.12. The highest BCUT2D eigenvalue weighted by Gasteiger charge is 2.09. The van der Waals surface area contributed by atoms with E-state index in [-0.39, 0.29) is 5.56 Å². The highest BCUT2D eigenvalue weighted by Crippen LogP contribution is 2.11. The van der Waals surface area contributed by atoms with Crippen molar-refractivity contribution < 1.29 is 0 Å². The highest BCUT2D eigenvalue weighted by atomic mass is 16.2. The van der Waals surface area contributed by atoms with Crippen LogP contribution in [0.25, 0.3) is 16.6 Å². The summed E-state index contributed by atoms with van der Waals surface area (Å²) in [6, 6.07) is 8.61. The Hall–Kier alpha value is -2.69. The lowest BCUT2D eigenvalue weighted by Gasteiger charge is -2.07. The van der Waals surface area contributed by atoms with E-state index in [1.54, 1.807) is 36.7 Å². The molecule has 0 unspecified atom stereocenters. The van der Waals surface area contributed by atoms with E-state index in [1.165, 1.54) is 0 Å². The molecule has 0 bridgehead atoms. The van der Waals surface area contributed by atoms with Gasteiger partial charge in [-0.05, 0) is 30.7 Å². The summed E-state index contributed by atoms with van der Waals surface area (Å²) in [7, 11) is 0. The van der Waals surface area contributed by atoms with Crippen molar-refractivity contribution in [3.63, 3.8) is 0 Å². The van der Waals surface area contributed by atoms with E-state index in [0.29, 0.717) is 16.6 Å². The van der Waals surface area contributed by atoms with Gasteiger partial charge < -0.3 is 4.98 Å². The van der Waals surface area contributed by atoms with E-state index in [9.17, 15) is 9.59 Å². The minimum absolute atomic E-state index is 0.325. The van der Waals surface area contributed by atoms with Crippen molar-refractivity contribution in [2.24, 2.45) is 0 Å². The Morgan fingerprint density at radius 2 is 1.84 bits per heavy atom. The van der Waals surface area contributed by atoms with Gasteiger partial charge in [-0.3, -0.25) is 9.78 Å². The molecule has 19 heavy (non-hydrogen) atoms. The average molecular weight is 253 g/mol. The maximum absolute atomic E-state index is 12.4. The lowest BCUT2D eigenvalue weighted by Crippen LogP contribution is -2.33. The topological polar surface area (TPSA) is 67.8 Å². The van der Waals surface area contributed by atoms with Crippen LogP contribution >= 0.6 is 0 Å². The molecule has 94 valence electrons. The summed E-state index contributed by atoms with van der Waals surface area (Å²) in [5.74, 6) is 0. The monoisotopic (exact) mass is 253 g/mol. The zero-order valence-electron chi connectivity index (χ0n) is 10.3. The Kier molecular flexibility index (Phi) is 2.52.